The summed E-state index contributed by atoms with van der Waals surface area (Å²) < 4.78 is 21.6. The Morgan fingerprint density at radius 3 is 2.15 bits per heavy atom. The summed E-state index contributed by atoms with van der Waals surface area (Å²) in [6.07, 6.45) is 0. The van der Waals surface area contributed by atoms with Crippen molar-refractivity contribution in [2.24, 2.45) is 5.14 Å². The van der Waals surface area contributed by atoms with Crippen molar-refractivity contribution in [3.05, 3.63) is 24.3 Å². The van der Waals surface area contributed by atoms with Gasteiger partial charge in [-0.3, -0.25) is 0 Å². The van der Waals surface area contributed by atoms with Crippen molar-refractivity contribution < 1.29 is 8.42 Å². The fourth-order valence-electron chi connectivity index (χ4n) is 0.783. The molecule has 0 saturated carbocycles. The van der Waals surface area contributed by atoms with Gasteiger partial charge >= 0.3 is 0 Å². The van der Waals surface area contributed by atoms with Crippen LogP contribution < -0.4 is 15.5 Å². The summed E-state index contributed by atoms with van der Waals surface area (Å²) in [7, 11) is -3.62. The van der Waals surface area contributed by atoms with Crippen LogP contribution in [0.1, 0.15) is 0 Å². The van der Waals surface area contributed by atoms with Crippen LogP contribution in [0.3, 0.4) is 0 Å². The molecule has 0 radical (unpaired) electrons. The van der Waals surface area contributed by atoms with Crippen LogP contribution in [0, 0.1) is 0 Å². The number of hydrogen-bond acceptors (Lipinski definition) is 4. The van der Waals surface area contributed by atoms with Crippen LogP contribution in [-0.4, -0.2) is 8.42 Å². The van der Waals surface area contributed by atoms with Crippen molar-refractivity contribution >= 4 is 27.5 Å². The van der Waals surface area contributed by atoms with E-state index in [-0.39, 0.29) is 4.90 Å². The Kier molecular flexibility index (Phi) is 3.10. The second kappa shape index (κ2) is 3.93. The fourth-order valence-corrected chi connectivity index (χ4v) is 1.41. The maximum Gasteiger partial charge on any atom is 0.238 e. The molecule has 0 unspecified atom stereocenters. The summed E-state index contributed by atoms with van der Waals surface area (Å²) in [4.78, 5) is 2.25. The minimum Gasteiger partial charge on any atom is -0.308 e. The molecule has 5 nitrogen and oxygen atoms in total. The van der Waals surface area contributed by atoms with Gasteiger partial charge < -0.3 is 5.43 Å². The molecule has 0 amide bonds. The number of anilines is 1. The summed E-state index contributed by atoms with van der Waals surface area (Å²) in [6.45, 7) is 0. The molecule has 7 heteroatoms. The van der Waals surface area contributed by atoms with Crippen molar-refractivity contribution in [1.29, 1.82) is 0 Å². The molecule has 1 rings (SSSR count). The molecule has 0 atom stereocenters. The molecule has 1 aromatic rings. The quantitative estimate of drug-likeness (QED) is 0.510. The van der Waals surface area contributed by atoms with E-state index in [1.807, 2.05) is 0 Å². The number of benzene rings is 1. The molecule has 13 heavy (non-hydrogen) atoms. The maximum absolute atomic E-state index is 10.8. The predicted octanol–water partition coefficient (Wildman–Crippen LogP) is 0.404. The van der Waals surface area contributed by atoms with E-state index in [0.717, 1.165) is 0 Å². The smallest absolute Gasteiger partial charge is 0.238 e. The minimum absolute atomic E-state index is 0.0626. The highest BCUT2D eigenvalue weighted by Gasteiger charge is 2.05. The van der Waals surface area contributed by atoms with Crippen molar-refractivity contribution in [3.63, 3.8) is 0 Å². The van der Waals surface area contributed by atoms with Gasteiger partial charge in [0, 0.05) is 0 Å². The Morgan fingerprint density at radius 2 is 1.77 bits per heavy atom. The van der Waals surface area contributed by atoms with E-state index in [2.05, 4.69) is 10.4 Å². The first-order chi connectivity index (χ1) is 6.04. The molecule has 4 N–H and O–H groups in total. The summed E-state index contributed by atoms with van der Waals surface area (Å²) in [5.41, 5.74) is 3.21. The fraction of sp³-hybridized carbons (Fsp3) is 0. The highest BCUT2D eigenvalue weighted by atomic mass is 35.5. The topological polar surface area (TPSA) is 84.2 Å². The second-order valence-electron chi connectivity index (χ2n) is 2.29. The molecular weight excluding hydrogens is 214 g/mol. The van der Waals surface area contributed by atoms with Crippen molar-refractivity contribution in [2.45, 2.75) is 4.90 Å². The lowest BCUT2D eigenvalue weighted by Gasteiger charge is -2.02. The first kappa shape index (κ1) is 10.3. The zero-order chi connectivity index (χ0) is 9.90. The van der Waals surface area contributed by atoms with Gasteiger partial charge in [-0.15, -0.1) is 4.94 Å². The van der Waals surface area contributed by atoms with E-state index >= 15 is 0 Å². The Morgan fingerprint density at radius 1 is 1.23 bits per heavy atom. The van der Waals surface area contributed by atoms with Crippen LogP contribution in [0.5, 0.6) is 0 Å². The Balaban J connectivity index is 2.94. The lowest BCUT2D eigenvalue weighted by atomic mass is 10.3. The van der Waals surface area contributed by atoms with Crippen LogP contribution >= 0.6 is 11.8 Å². The third kappa shape index (κ3) is 2.85. The Labute approximate surface area is 81.0 Å². The van der Waals surface area contributed by atoms with Crippen molar-refractivity contribution in [2.75, 3.05) is 5.43 Å². The lowest BCUT2D eigenvalue weighted by molar-refractivity contribution is 0.598. The van der Waals surface area contributed by atoms with E-state index in [9.17, 15) is 8.42 Å². The predicted molar refractivity (Wildman–Crippen MR) is 50.4 cm³/mol. The molecule has 0 aliphatic heterocycles. The van der Waals surface area contributed by atoms with E-state index in [4.69, 9.17) is 16.9 Å². The number of rotatable bonds is 3. The SMILES string of the molecule is NS(=O)(=O)c1ccc(NNCl)cc1. The third-order valence-corrected chi connectivity index (χ3v) is 2.40. The number of hydrazine groups is 1. The summed E-state index contributed by atoms with van der Waals surface area (Å²) in [6, 6.07) is 5.84. The van der Waals surface area contributed by atoms with Crippen LogP contribution in [0.15, 0.2) is 29.2 Å². The van der Waals surface area contributed by atoms with Gasteiger partial charge in [-0.2, -0.15) is 0 Å². The number of nitrogens with one attached hydrogen (secondary N) is 2. The minimum atomic E-state index is -3.62. The Bertz CT molecular complexity index is 375. The molecule has 0 aromatic heterocycles. The first-order valence-electron chi connectivity index (χ1n) is 3.28. The first-order valence-corrected chi connectivity index (χ1v) is 5.21. The number of hydrogen-bond donors (Lipinski definition) is 3. The molecular formula is C6H8ClN3O2S. The standard InChI is InChI=1S/C6H8ClN3O2S/c7-10-9-5-1-3-6(4-2-5)13(8,11)12/h1-4,9-10H,(H2,8,11,12). The van der Waals surface area contributed by atoms with Crippen molar-refractivity contribution in [1.82, 2.24) is 4.94 Å². The lowest BCUT2D eigenvalue weighted by Crippen LogP contribution is -2.12. The van der Waals surface area contributed by atoms with Crippen LogP contribution in [0.4, 0.5) is 5.69 Å². The van der Waals surface area contributed by atoms with Gasteiger partial charge in [0.15, 0.2) is 0 Å². The molecule has 0 saturated heterocycles. The van der Waals surface area contributed by atoms with Crippen LogP contribution in [0.25, 0.3) is 0 Å². The van der Waals surface area contributed by atoms with E-state index in [1.165, 1.54) is 24.3 Å². The molecule has 0 aliphatic rings. The average Bonchev–Trinajstić information content (AvgIpc) is 2.04. The summed E-state index contributed by atoms with van der Waals surface area (Å²) in [5, 5.41) is 4.89. The van der Waals surface area contributed by atoms with E-state index in [0.29, 0.717) is 5.69 Å². The zero-order valence-electron chi connectivity index (χ0n) is 6.49. The highest BCUT2D eigenvalue weighted by Crippen LogP contribution is 2.11. The summed E-state index contributed by atoms with van der Waals surface area (Å²) in [5.74, 6) is 0. The van der Waals surface area contributed by atoms with Gasteiger partial charge in [-0.05, 0) is 36.0 Å². The van der Waals surface area contributed by atoms with Gasteiger partial charge in [-0.1, -0.05) is 0 Å². The molecule has 0 aliphatic carbocycles. The molecule has 0 bridgehead atoms. The van der Waals surface area contributed by atoms with E-state index < -0.39 is 10.0 Å². The second-order valence-corrected chi connectivity index (χ2v) is 4.04. The molecule has 0 spiro atoms. The number of primary sulfonamides is 1. The van der Waals surface area contributed by atoms with E-state index in [1.54, 1.807) is 0 Å². The normalized spacial score (nSPS) is 11.2. The molecule has 0 fully saturated rings. The number of sulfonamides is 1. The third-order valence-electron chi connectivity index (χ3n) is 1.37. The van der Waals surface area contributed by atoms with Crippen molar-refractivity contribution in [3.8, 4) is 0 Å². The van der Waals surface area contributed by atoms with Crippen LogP contribution in [0.2, 0.25) is 0 Å². The largest absolute Gasteiger partial charge is 0.308 e. The van der Waals surface area contributed by atoms with Gasteiger partial charge in [0.2, 0.25) is 10.0 Å². The van der Waals surface area contributed by atoms with Gasteiger partial charge in [0.05, 0.1) is 10.6 Å². The summed E-state index contributed by atoms with van der Waals surface area (Å²) >= 11 is 5.16. The van der Waals surface area contributed by atoms with Gasteiger partial charge in [-0.25, -0.2) is 13.6 Å². The number of halogens is 1. The maximum atomic E-state index is 10.8. The van der Waals surface area contributed by atoms with Gasteiger partial charge in [0.1, 0.15) is 0 Å². The number of nitrogens with two attached hydrogens (primary N) is 1. The van der Waals surface area contributed by atoms with Gasteiger partial charge in [0.25, 0.3) is 0 Å². The molecule has 72 valence electrons. The highest BCUT2D eigenvalue weighted by molar-refractivity contribution is 7.89. The average molecular weight is 222 g/mol. The monoisotopic (exact) mass is 221 g/mol. The molecule has 0 heterocycles. The molecule has 1 aromatic carbocycles. The zero-order valence-corrected chi connectivity index (χ0v) is 8.06. The van der Waals surface area contributed by atoms with Crippen LogP contribution in [-0.2, 0) is 10.0 Å². The Hall–Kier alpha value is -0.820.